The molecule has 4 rings (SSSR count). The third-order valence-corrected chi connectivity index (χ3v) is 6.07. The van der Waals surface area contributed by atoms with Gasteiger partial charge in [0.25, 0.3) is 0 Å². The number of pyridine rings is 1. The predicted molar refractivity (Wildman–Crippen MR) is 94.4 cm³/mol. The van der Waals surface area contributed by atoms with Gasteiger partial charge < -0.3 is 0 Å². The van der Waals surface area contributed by atoms with Gasteiger partial charge in [0.05, 0.1) is 28.9 Å². The number of rotatable bonds is 4. The molecule has 3 aromatic heterocycles. The molecule has 0 saturated heterocycles. The van der Waals surface area contributed by atoms with E-state index in [0.29, 0.717) is 5.52 Å². The van der Waals surface area contributed by atoms with E-state index < -0.39 is 28.3 Å². The van der Waals surface area contributed by atoms with E-state index in [0.717, 1.165) is 28.4 Å². The number of alkyl halides is 3. The highest BCUT2D eigenvalue weighted by atomic mass is 35.5. The maximum absolute atomic E-state index is 13.0. The molecule has 0 bridgehead atoms. The van der Waals surface area contributed by atoms with E-state index in [4.69, 9.17) is 11.6 Å². The second-order valence-corrected chi connectivity index (χ2v) is 8.27. The van der Waals surface area contributed by atoms with Crippen molar-refractivity contribution in [3.8, 4) is 0 Å². The summed E-state index contributed by atoms with van der Waals surface area (Å²) in [6.07, 6.45) is -3.87. The monoisotopic (exact) mass is 448 g/mol. The number of fused-ring (bicyclic) bond motifs is 2. The number of sulfonamides is 1. The second kappa shape index (κ2) is 6.62. The van der Waals surface area contributed by atoms with Crippen LogP contribution in [-0.2, 0) is 22.7 Å². The van der Waals surface area contributed by atoms with Gasteiger partial charge in [-0.15, -0.1) is 10.2 Å². The van der Waals surface area contributed by atoms with Crippen LogP contribution in [0.3, 0.4) is 0 Å². The molecule has 8 nitrogen and oxygen atoms in total. The first-order valence-corrected chi connectivity index (χ1v) is 10.1. The molecule has 0 aliphatic heterocycles. The number of aromatic nitrogens is 5. The van der Waals surface area contributed by atoms with Gasteiger partial charge >= 0.3 is 6.18 Å². The van der Waals surface area contributed by atoms with Crippen LogP contribution in [0.1, 0.15) is 11.4 Å². The summed E-state index contributed by atoms with van der Waals surface area (Å²) in [5, 5.41) is 7.20. The topological polar surface area (TPSA) is 102 Å². The smallest absolute Gasteiger partial charge is 0.283 e. The summed E-state index contributed by atoms with van der Waals surface area (Å²) in [7, 11) is -4.03. The van der Waals surface area contributed by atoms with Crippen LogP contribution in [0.2, 0.25) is 5.02 Å². The Balaban J connectivity index is 1.69. The van der Waals surface area contributed by atoms with E-state index in [1.54, 1.807) is 6.07 Å². The lowest BCUT2D eigenvalue weighted by Gasteiger charge is -2.09. The van der Waals surface area contributed by atoms with E-state index in [1.807, 2.05) is 0 Å². The average molecular weight is 449 g/mol. The van der Waals surface area contributed by atoms with Crippen molar-refractivity contribution in [2.24, 2.45) is 0 Å². The van der Waals surface area contributed by atoms with Gasteiger partial charge in [-0.3, -0.25) is 4.40 Å². The molecule has 0 spiro atoms. The Morgan fingerprint density at radius 1 is 1.21 bits per heavy atom. The molecule has 0 radical (unpaired) electrons. The first-order chi connectivity index (χ1) is 13.2. The van der Waals surface area contributed by atoms with E-state index in [9.17, 15) is 21.6 Å². The summed E-state index contributed by atoms with van der Waals surface area (Å²) in [5.41, 5.74) is -0.405. The molecule has 0 aliphatic rings. The van der Waals surface area contributed by atoms with Crippen molar-refractivity contribution < 1.29 is 21.6 Å². The van der Waals surface area contributed by atoms with E-state index in [-0.39, 0.29) is 26.9 Å². The van der Waals surface area contributed by atoms with Crippen LogP contribution in [0.4, 0.5) is 13.2 Å². The minimum absolute atomic E-state index is 0.0188. The lowest BCUT2D eigenvalue weighted by Crippen LogP contribution is -2.24. The zero-order valence-corrected chi connectivity index (χ0v) is 15.9. The Bertz CT molecular complexity index is 1300. The van der Waals surface area contributed by atoms with Gasteiger partial charge in [0, 0.05) is 6.20 Å². The molecular weight excluding hydrogens is 441 g/mol. The van der Waals surface area contributed by atoms with Crippen molar-refractivity contribution in [2.75, 3.05) is 0 Å². The Kier molecular flexibility index (Phi) is 4.49. The number of nitrogens with one attached hydrogen (secondary N) is 1. The normalized spacial score (nSPS) is 12.9. The molecule has 14 heteroatoms. The predicted octanol–water partition coefficient (Wildman–Crippen LogP) is 2.88. The second-order valence-electron chi connectivity index (χ2n) is 5.60. The number of hydrogen-bond acceptors (Lipinski definition) is 7. The Hall–Kier alpha value is -2.35. The third-order valence-electron chi connectivity index (χ3n) is 3.82. The zero-order chi connectivity index (χ0) is 20.1. The number of benzene rings is 1. The number of halogens is 4. The Morgan fingerprint density at radius 3 is 2.75 bits per heavy atom. The maximum atomic E-state index is 13.0. The van der Waals surface area contributed by atoms with Crippen molar-refractivity contribution in [3.63, 3.8) is 0 Å². The van der Waals surface area contributed by atoms with E-state index >= 15 is 0 Å². The third kappa shape index (κ3) is 3.30. The lowest BCUT2D eigenvalue weighted by molar-refractivity contribution is -0.137. The van der Waals surface area contributed by atoms with Crippen LogP contribution < -0.4 is 4.72 Å². The Morgan fingerprint density at radius 2 is 2.00 bits per heavy atom. The molecule has 0 fully saturated rings. The molecule has 0 atom stereocenters. The summed E-state index contributed by atoms with van der Waals surface area (Å²) in [6.45, 7) is -0.408. The van der Waals surface area contributed by atoms with Gasteiger partial charge in [-0.05, 0) is 18.2 Å². The summed E-state index contributed by atoms with van der Waals surface area (Å²) in [5.74, 6) is -0.0600. The number of nitrogens with zero attached hydrogens (tertiary/aromatic N) is 5. The molecule has 1 N–H and O–H groups in total. The van der Waals surface area contributed by atoms with Crippen LogP contribution in [0.25, 0.3) is 16.7 Å². The van der Waals surface area contributed by atoms with Gasteiger partial charge in [0.2, 0.25) is 10.0 Å². The molecule has 4 aromatic rings. The van der Waals surface area contributed by atoms with Crippen molar-refractivity contribution in [1.29, 1.82) is 0 Å². The van der Waals surface area contributed by atoms with Crippen LogP contribution in [0.5, 0.6) is 0 Å². The summed E-state index contributed by atoms with van der Waals surface area (Å²) < 4.78 is 75.5. The van der Waals surface area contributed by atoms with Gasteiger partial charge in [-0.2, -0.15) is 21.9 Å². The van der Waals surface area contributed by atoms with Crippen molar-refractivity contribution in [1.82, 2.24) is 28.1 Å². The summed E-state index contributed by atoms with van der Waals surface area (Å²) in [4.78, 5) is -0.0958. The van der Waals surface area contributed by atoms with Gasteiger partial charge in [0.1, 0.15) is 15.9 Å². The molecule has 0 aliphatic carbocycles. The van der Waals surface area contributed by atoms with Crippen LogP contribution in [0, 0.1) is 0 Å². The van der Waals surface area contributed by atoms with Crippen LogP contribution in [-0.4, -0.2) is 31.8 Å². The van der Waals surface area contributed by atoms with Gasteiger partial charge in [-0.1, -0.05) is 17.7 Å². The molecule has 146 valence electrons. The molecule has 3 heterocycles. The molecule has 1 aromatic carbocycles. The van der Waals surface area contributed by atoms with Crippen molar-refractivity contribution in [2.45, 2.75) is 17.6 Å². The lowest BCUT2D eigenvalue weighted by atomic mass is 10.3. The van der Waals surface area contributed by atoms with Crippen LogP contribution in [0.15, 0.2) is 35.4 Å². The highest BCUT2D eigenvalue weighted by Crippen LogP contribution is 2.32. The Labute approximate surface area is 164 Å². The van der Waals surface area contributed by atoms with Gasteiger partial charge in [-0.25, -0.2) is 13.1 Å². The van der Waals surface area contributed by atoms with Crippen LogP contribution >= 0.6 is 23.3 Å². The molecule has 28 heavy (non-hydrogen) atoms. The van der Waals surface area contributed by atoms with Gasteiger partial charge in [0.15, 0.2) is 11.5 Å². The summed E-state index contributed by atoms with van der Waals surface area (Å²) in [6, 6.07) is 5.22. The molecule has 0 saturated carbocycles. The van der Waals surface area contributed by atoms with E-state index in [2.05, 4.69) is 23.7 Å². The fourth-order valence-corrected chi connectivity index (χ4v) is 4.50. The first-order valence-electron chi connectivity index (χ1n) is 7.48. The standard InChI is InChI=1S/C14H8ClF3N6O2S2/c15-8-4-7(14(16,17)18)6-24-11(20-21-13(8)24)5-19-28(25,26)10-3-1-2-9-12(10)23-27-22-9/h1-4,6,19H,5H2. The SMILES string of the molecule is O=S(=O)(NCc1nnc2c(Cl)cc(C(F)(F)F)cn12)c1cccc2nsnc12. The summed E-state index contributed by atoms with van der Waals surface area (Å²) >= 11 is 6.71. The number of hydrogen-bond donors (Lipinski definition) is 1. The van der Waals surface area contributed by atoms with Crippen molar-refractivity contribution >= 4 is 50.0 Å². The largest absolute Gasteiger partial charge is 0.417 e. The minimum atomic E-state index is -4.63. The molecular formula is C14H8ClF3N6O2S2. The molecule has 0 unspecified atom stereocenters. The fourth-order valence-electron chi connectivity index (χ4n) is 2.51. The maximum Gasteiger partial charge on any atom is 0.417 e. The highest BCUT2D eigenvalue weighted by Gasteiger charge is 2.32. The van der Waals surface area contributed by atoms with Crippen molar-refractivity contribution in [3.05, 3.63) is 46.9 Å². The minimum Gasteiger partial charge on any atom is -0.283 e. The van der Waals surface area contributed by atoms with E-state index in [1.165, 1.54) is 12.1 Å². The molecule has 0 amide bonds. The fraction of sp³-hybridized carbons (Fsp3) is 0.143. The average Bonchev–Trinajstić information content (AvgIpc) is 3.25. The first kappa shape index (κ1) is 19.0. The quantitative estimate of drug-likeness (QED) is 0.515. The zero-order valence-electron chi connectivity index (χ0n) is 13.5. The highest BCUT2D eigenvalue weighted by molar-refractivity contribution is 7.89.